The summed E-state index contributed by atoms with van der Waals surface area (Å²) in [7, 11) is 0. The Morgan fingerprint density at radius 2 is 2.12 bits per heavy atom. The predicted octanol–water partition coefficient (Wildman–Crippen LogP) is 1.23. The van der Waals surface area contributed by atoms with Gasteiger partial charge in [0.2, 0.25) is 11.8 Å². The number of nitrogens with zero attached hydrogens (tertiary/aromatic N) is 1. The van der Waals surface area contributed by atoms with Crippen LogP contribution in [0.1, 0.15) is 24.1 Å². The molecule has 0 spiro atoms. The number of aromatic nitrogens is 1. The maximum Gasteiger partial charge on any atom is 0.234 e. The van der Waals surface area contributed by atoms with E-state index >= 15 is 0 Å². The first-order chi connectivity index (χ1) is 7.68. The van der Waals surface area contributed by atoms with Crippen molar-refractivity contribution in [2.75, 3.05) is 18.4 Å². The van der Waals surface area contributed by atoms with Crippen LogP contribution in [0.4, 0.5) is 5.88 Å². The first kappa shape index (κ1) is 11.1. The Bertz CT molecular complexity index is 381. The molecule has 16 heavy (non-hydrogen) atoms. The van der Waals surface area contributed by atoms with Gasteiger partial charge in [0, 0.05) is 11.5 Å². The second kappa shape index (κ2) is 4.65. The van der Waals surface area contributed by atoms with E-state index < -0.39 is 0 Å². The maximum atomic E-state index is 11.9. The van der Waals surface area contributed by atoms with Gasteiger partial charge in [-0.3, -0.25) is 10.1 Å². The molecule has 0 atom stereocenters. The van der Waals surface area contributed by atoms with E-state index in [1.807, 2.05) is 13.8 Å². The zero-order valence-electron chi connectivity index (χ0n) is 9.67. The molecular formula is C11H17N3O2. The average Bonchev–Trinajstić information content (AvgIpc) is 2.62. The molecule has 2 rings (SSSR count). The van der Waals surface area contributed by atoms with Crippen LogP contribution in [0.25, 0.3) is 0 Å². The topological polar surface area (TPSA) is 67.2 Å². The normalized spacial score (nSPS) is 17.4. The van der Waals surface area contributed by atoms with Crippen molar-refractivity contribution in [3.63, 3.8) is 0 Å². The molecule has 1 amide bonds. The van der Waals surface area contributed by atoms with E-state index in [4.69, 9.17) is 4.52 Å². The Balaban J connectivity index is 1.98. The third-order valence-corrected chi connectivity index (χ3v) is 3.10. The summed E-state index contributed by atoms with van der Waals surface area (Å²) >= 11 is 0. The molecule has 0 bridgehead atoms. The number of amides is 1. The molecule has 88 valence electrons. The monoisotopic (exact) mass is 223 g/mol. The van der Waals surface area contributed by atoms with Crippen LogP contribution in [0.2, 0.25) is 0 Å². The summed E-state index contributed by atoms with van der Waals surface area (Å²) in [6.45, 7) is 5.57. The van der Waals surface area contributed by atoms with Gasteiger partial charge in [-0.2, -0.15) is 0 Å². The van der Waals surface area contributed by atoms with Crippen molar-refractivity contribution in [2.45, 2.75) is 26.7 Å². The molecular weight excluding hydrogens is 206 g/mol. The summed E-state index contributed by atoms with van der Waals surface area (Å²) < 4.78 is 5.06. The smallest absolute Gasteiger partial charge is 0.234 e. The first-order valence-corrected chi connectivity index (χ1v) is 5.63. The molecule has 0 radical (unpaired) electrons. The molecule has 0 aliphatic carbocycles. The highest BCUT2D eigenvalue weighted by atomic mass is 16.5. The van der Waals surface area contributed by atoms with E-state index in [0.717, 1.165) is 37.2 Å². The Hall–Kier alpha value is -1.36. The molecule has 1 aromatic rings. The van der Waals surface area contributed by atoms with Gasteiger partial charge in [0.05, 0.1) is 5.69 Å². The third-order valence-electron chi connectivity index (χ3n) is 3.10. The van der Waals surface area contributed by atoms with E-state index in [0.29, 0.717) is 5.88 Å². The number of aryl methyl sites for hydroxylation is 1. The molecule has 2 N–H and O–H groups in total. The lowest BCUT2D eigenvalue weighted by Crippen LogP contribution is -2.34. The van der Waals surface area contributed by atoms with E-state index in [-0.39, 0.29) is 11.8 Å². The Kier molecular flexibility index (Phi) is 3.24. The van der Waals surface area contributed by atoms with Crippen LogP contribution in [-0.2, 0) is 4.79 Å². The zero-order valence-corrected chi connectivity index (χ0v) is 9.67. The molecule has 1 aromatic heterocycles. The fraction of sp³-hybridized carbons (Fsp3) is 0.636. The number of rotatable bonds is 2. The van der Waals surface area contributed by atoms with Gasteiger partial charge in [0.1, 0.15) is 0 Å². The summed E-state index contributed by atoms with van der Waals surface area (Å²) in [5, 5.41) is 9.85. The number of carbonyl (C=O) groups is 1. The third kappa shape index (κ3) is 2.24. The van der Waals surface area contributed by atoms with Crippen molar-refractivity contribution in [3.05, 3.63) is 11.3 Å². The highest BCUT2D eigenvalue weighted by Crippen LogP contribution is 2.20. The second-order valence-electron chi connectivity index (χ2n) is 4.24. The summed E-state index contributed by atoms with van der Waals surface area (Å²) in [6, 6.07) is 0. The molecule has 0 aromatic carbocycles. The molecule has 1 saturated heterocycles. The summed E-state index contributed by atoms with van der Waals surface area (Å²) in [5.74, 6) is 0.618. The Morgan fingerprint density at radius 1 is 1.44 bits per heavy atom. The quantitative estimate of drug-likeness (QED) is 0.791. The van der Waals surface area contributed by atoms with Crippen LogP contribution in [0.15, 0.2) is 4.52 Å². The lowest BCUT2D eigenvalue weighted by Gasteiger charge is -2.21. The highest BCUT2D eigenvalue weighted by Gasteiger charge is 2.22. The van der Waals surface area contributed by atoms with Gasteiger partial charge < -0.3 is 9.84 Å². The molecule has 1 aliphatic rings. The van der Waals surface area contributed by atoms with Crippen LogP contribution < -0.4 is 10.6 Å². The fourth-order valence-corrected chi connectivity index (χ4v) is 1.83. The minimum absolute atomic E-state index is 0.0424. The SMILES string of the molecule is Cc1noc(NC(=O)C2CCNCC2)c1C. The number of piperidine rings is 1. The van der Waals surface area contributed by atoms with Crippen molar-refractivity contribution in [2.24, 2.45) is 5.92 Å². The average molecular weight is 223 g/mol. The Labute approximate surface area is 94.6 Å². The number of hydrogen-bond donors (Lipinski definition) is 2. The van der Waals surface area contributed by atoms with E-state index in [1.54, 1.807) is 0 Å². The first-order valence-electron chi connectivity index (χ1n) is 5.63. The van der Waals surface area contributed by atoms with Crippen molar-refractivity contribution in [1.82, 2.24) is 10.5 Å². The molecule has 5 nitrogen and oxygen atoms in total. The molecule has 1 aliphatic heterocycles. The van der Waals surface area contributed by atoms with E-state index in [1.165, 1.54) is 0 Å². The van der Waals surface area contributed by atoms with Crippen molar-refractivity contribution in [3.8, 4) is 0 Å². The molecule has 2 heterocycles. The van der Waals surface area contributed by atoms with Crippen LogP contribution in [0.3, 0.4) is 0 Å². The predicted molar refractivity (Wildman–Crippen MR) is 60.2 cm³/mol. The van der Waals surface area contributed by atoms with Crippen molar-refractivity contribution < 1.29 is 9.32 Å². The standard InChI is InChI=1S/C11H17N3O2/c1-7-8(2)14-16-11(7)13-10(15)9-3-5-12-6-4-9/h9,12H,3-6H2,1-2H3,(H,13,15). The summed E-state index contributed by atoms with van der Waals surface area (Å²) in [6.07, 6.45) is 1.77. The van der Waals surface area contributed by atoms with Gasteiger partial charge in [-0.1, -0.05) is 5.16 Å². The zero-order chi connectivity index (χ0) is 11.5. The van der Waals surface area contributed by atoms with Gasteiger partial charge in [-0.05, 0) is 39.8 Å². The maximum absolute atomic E-state index is 11.9. The van der Waals surface area contributed by atoms with Gasteiger partial charge in [-0.25, -0.2) is 0 Å². The second-order valence-corrected chi connectivity index (χ2v) is 4.24. The lowest BCUT2D eigenvalue weighted by molar-refractivity contribution is -0.120. The number of hydrogen-bond acceptors (Lipinski definition) is 4. The molecule has 1 fully saturated rings. The van der Waals surface area contributed by atoms with Gasteiger partial charge in [0.25, 0.3) is 0 Å². The fourth-order valence-electron chi connectivity index (χ4n) is 1.83. The minimum Gasteiger partial charge on any atom is -0.338 e. The highest BCUT2D eigenvalue weighted by molar-refractivity contribution is 5.92. The Morgan fingerprint density at radius 3 is 2.69 bits per heavy atom. The van der Waals surface area contributed by atoms with E-state index in [2.05, 4.69) is 15.8 Å². The van der Waals surface area contributed by atoms with Crippen molar-refractivity contribution in [1.29, 1.82) is 0 Å². The van der Waals surface area contributed by atoms with Crippen LogP contribution in [0.5, 0.6) is 0 Å². The van der Waals surface area contributed by atoms with Crippen LogP contribution in [0, 0.1) is 19.8 Å². The largest absolute Gasteiger partial charge is 0.338 e. The van der Waals surface area contributed by atoms with Crippen LogP contribution >= 0.6 is 0 Å². The van der Waals surface area contributed by atoms with Gasteiger partial charge in [0.15, 0.2) is 0 Å². The lowest BCUT2D eigenvalue weighted by atomic mass is 9.97. The number of carbonyl (C=O) groups excluding carboxylic acids is 1. The molecule has 0 saturated carbocycles. The summed E-state index contributed by atoms with van der Waals surface area (Å²) in [4.78, 5) is 11.9. The van der Waals surface area contributed by atoms with Crippen molar-refractivity contribution >= 4 is 11.8 Å². The summed E-state index contributed by atoms with van der Waals surface area (Å²) in [5.41, 5.74) is 1.72. The number of anilines is 1. The van der Waals surface area contributed by atoms with Gasteiger partial charge in [-0.15, -0.1) is 0 Å². The molecule has 5 heteroatoms. The molecule has 0 unspecified atom stereocenters. The number of nitrogens with one attached hydrogen (secondary N) is 2. The van der Waals surface area contributed by atoms with E-state index in [9.17, 15) is 4.79 Å². The van der Waals surface area contributed by atoms with Gasteiger partial charge >= 0.3 is 0 Å². The van der Waals surface area contributed by atoms with Crippen LogP contribution in [-0.4, -0.2) is 24.2 Å². The minimum atomic E-state index is 0.0424.